The van der Waals surface area contributed by atoms with Gasteiger partial charge in [0, 0.05) is 12.1 Å². The van der Waals surface area contributed by atoms with Crippen molar-refractivity contribution in [2.75, 3.05) is 0 Å². The van der Waals surface area contributed by atoms with Gasteiger partial charge >= 0.3 is 12.0 Å². The van der Waals surface area contributed by atoms with Crippen LogP contribution in [-0.2, 0) is 6.18 Å². The molecule has 0 saturated carbocycles. The average molecular weight is 220 g/mol. The molecule has 0 fully saturated rings. The normalized spacial score (nSPS) is 11.1. The number of aromatic nitrogens is 1. The quantitative estimate of drug-likeness (QED) is 0.433. The summed E-state index contributed by atoms with van der Waals surface area (Å²) in [4.78, 5) is 22.4. The summed E-state index contributed by atoms with van der Waals surface area (Å²) >= 11 is 0. The number of aldehydes is 1. The molecule has 0 saturated heterocycles. The Morgan fingerprint density at radius 2 is 2.00 bits per heavy atom. The number of hydrogen-bond donors (Lipinski definition) is 0. The van der Waals surface area contributed by atoms with Gasteiger partial charge in [0.25, 0.3) is 0 Å². The molecule has 1 aromatic heterocycles. The maximum absolute atomic E-state index is 12.2. The predicted octanol–water partition coefficient (Wildman–Crippen LogP) is 1.82. The van der Waals surface area contributed by atoms with Gasteiger partial charge in [-0.3, -0.25) is 4.79 Å². The van der Waals surface area contributed by atoms with E-state index in [2.05, 4.69) is 4.98 Å². The fourth-order valence-electron chi connectivity index (χ4n) is 0.854. The first-order valence-electron chi connectivity index (χ1n) is 3.53. The zero-order valence-corrected chi connectivity index (χ0v) is 6.99. The van der Waals surface area contributed by atoms with E-state index in [0.29, 0.717) is 6.07 Å². The van der Waals surface area contributed by atoms with Crippen LogP contribution in [0.2, 0.25) is 0 Å². The molecular formula is C7H3F3N2O3. The molecule has 1 heterocycles. The second kappa shape index (κ2) is 3.64. The minimum atomic E-state index is -4.74. The van der Waals surface area contributed by atoms with Gasteiger partial charge in [0.2, 0.25) is 5.69 Å². The lowest BCUT2D eigenvalue weighted by molar-refractivity contribution is -0.389. The first-order chi connectivity index (χ1) is 6.84. The Hall–Kier alpha value is -1.99. The van der Waals surface area contributed by atoms with Gasteiger partial charge in [-0.2, -0.15) is 13.2 Å². The van der Waals surface area contributed by atoms with Crippen LogP contribution in [0.15, 0.2) is 12.1 Å². The van der Waals surface area contributed by atoms with Crippen molar-refractivity contribution in [2.45, 2.75) is 6.18 Å². The van der Waals surface area contributed by atoms with Gasteiger partial charge < -0.3 is 10.1 Å². The van der Waals surface area contributed by atoms with Crippen molar-refractivity contribution in [3.63, 3.8) is 0 Å². The van der Waals surface area contributed by atoms with Crippen LogP contribution in [-0.4, -0.2) is 16.2 Å². The summed E-state index contributed by atoms with van der Waals surface area (Å²) in [6, 6.07) is 0.715. The van der Waals surface area contributed by atoms with Gasteiger partial charge in [0.15, 0.2) is 6.29 Å². The van der Waals surface area contributed by atoms with Gasteiger partial charge in [0.05, 0.1) is 5.56 Å². The molecule has 0 bridgehead atoms. The predicted molar refractivity (Wildman–Crippen MR) is 41.3 cm³/mol. The maximum Gasteiger partial charge on any atom is 0.416 e. The third-order valence-electron chi connectivity index (χ3n) is 1.47. The van der Waals surface area contributed by atoms with Crippen LogP contribution in [0.3, 0.4) is 0 Å². The Morgan fingerprint density at radius 3 is 2.40 bits per heavy atom. The van der Waals surface area contributed by atoms with Crippen molar-refractivity contribution in [1.29, 1.82) is 0 Å². The highest BCUT2D eigenvalue weighted by Gasteiger charge is 2.33. The Labute approximate surface area is 80.7 Å². The summed E-state index contributed by atoms with van der Waals surface area (Å²) in [6.45, 7) is 0. The monoisotopic (exact) mass is 220 g/mol. The van der Waals surface area contributed by atoms with E-state index >= 15 is 0 Å². The highest BCUT2D eigenvalue weighted by atomic mass is 19.4. The number of alkyl halides is 3. The van der Waals surface area contributed by atoms with Gasteiger partial charge in [-0.15, -0.1) is 0 Å². The number of carbonyl (C=O) groups is 1. The Morgan fingerprint density at radius 1 is 1.40 bits per heavy atom. The SMILES string of the molecule is O=Cc1cc(C(F)(F)F)cc([N+](=O)[O-])n1. The number of nitro groups is 1. The second-order valence-electron chi connectivity index (χ2n) is 2.51. The number of nitrogens with zero attached hydrogens (tertiary/aromatic N) is 2. The van der Waals surface area contributed by atoms with E-state index in [1.54, 1.807) is 0 Å². The lowest BCUT2D eigenvalue weighted by Gasteiger charge is -2.05. The highest BCUT2D eigenvalue weighted by molar-refractivity contribution is 5.72. The zero-order valence-electron chi connectivity index (χ0n) is 6.99. The summed E-state index contributed by atoms with van der Waals surface area (Å²) in [6.07, 6.45) is -4.73. The summed E-state index contributed by atoms with van der Waals surface area (Å²) in [5.74, 6) is -1.01. The minimum absolute atomic E-state index is 0.0161. The number of hydrogen-bond acceptors (Lipinski definition) is 4. The number of rotatable bonds is 2. The average Bonchev–Trinajstić information content (AvgIpc) is 2.15. The van der Waals surface area contributed by atoms with E-state index in [1.165, 1.54) is 0 Å². The fraction of sp³-hybridized carbons (Fsp3) is 0.143. The van der Waals surface area contributed by atoms with E-state index in [0.717, 1.165) is 0 Å². The highest BCUT2D eigenvalue weighted by Crippen LogP contribution is 2.31. The summed E-state index contributed by atoms with van der Waals surface area (Å²) in [5, 5.41) is 10.2. The molecule has 0 radical (unpaired) electrons. The summed E-state index contributed by atoms with van der Waals surface area (Å²) in [5.41, 5.74) is -1.90. The van der Waals surface area contributed by atoms with E-state index in [-0.39, 0.29) is 12.4 Å². The number of carbonyl (C=O) groups excluding carboxylic acids is 1. The molecule has 5 nitrogen and oxygen atoms in total. The van der Waals surface area contributed by atoms with Gasteiger partial charge in [-0.05, 0) is 9.91 Å². The molecule has 0 aliphatic heterocycles. The molecule has 1 aromatic rings. The van der Waals surface area contributed by atoms with Crippen molar-refractivity contribution < 1.29 is 22.9 Å². The van der Waals surface area contributed by atoms with Crippen molar-refractivity contribution in [3.05, 3.63) is 33.5 Å². The topological polar surface area (TPSA) is 73.1 Å². The lowest BCUT2D eigenvalue weighted by atomic mass is 10.2. The first kappa shape index (κ1) is 11.1. The van der Waals surface area contributed by atoms with Crippen LogP contribution in [0, 0.1) is 10.1 Å². The molecular weight excluding hydrogens is 217 g/mol. The number of pyridine rings is 1. The molecule has 0 amide bonds. The van der Waals surface area contributed by atoms with Gasteiger partial charge in [-0.25, -0.2) is 0 Å². The Balaban J connectivity index is 3.36. The minimum Gasteiger partial charge on any atom is -0.358 e. The van der Waals surface area contributed by atoms with Gasteiger partial charge in [0.1, 0.15) is 0 Å². The molecule has 0 aliphatic carbocycles. The molecule has 0 atom stereocenters. The van der Waals surface area contributed by atoms with E-state index in [9.17, 15) is 28.1 Å². The molecule has 0 aliphatic rings. The third-order valence-corrected chi connectivity index (χ3v) is 1.47. The van der Waals surface area contributed by atoms with Gasteiger partial charge in [-0.1, -0.05) is 0 Å². The van der Waals surface area contributed by atoms with Crippen molar-refractivity contribution in [2.24, 2.45) is 0 Å². The van der Waals surface area contributed by atoms with E-state index < -0.39 is 28.2 Å². The zero-order chi connectivity index (χ0) is 11.6. The van der Waals surface area contributed by atoms with Crippen LogP contribution in [0.25, 0.3) is 0 Å². The summed E-state index contributed by atoms with van der Waals surface area (Å²) < 4.78 is 36.5. The summed E-state index contributed by atoms with van der Waals surface area (Å²) in [7, 11) is 0. The molecule has 15 heavy (non-hydrogen) atoms. The van der Waals surface area contributed by atoms with Crippen molar-refractivity contribution >= 4 is 12.1 Å². The third kappa shape index (κ3) is 2.48. The molecule has 1 rings (SSSR count). The van der Waals surface area contributed by atoms with Crippen LogP contribution < -0.4 is 0 Å². The Kier molecular flexibility index (Phi) is 2.69. The van der Waals surface area contributed by atoms with Crippen molar-refractivity contribution in [1.82, 2.24) is 4.98 Å². The first-order valence-corrected chi connectivity index (χ1v) is 3.53. The van der Waals surface area contributed by atoms with E-state index in [4.69, 9.17) is 0 Å². The Bertz CT molecular complexity index is 416. The molecule has 0 N–H and O–H groups in total. The van der Waals surface area contributed by atoms with E-state index in [1.807, 2.05) is 0 Å². The van der Waals surface area contributed by atoms with Crippen LogP contribution in [0.5, 0.6) is 0 Å². The molecule has 0 unspecified atom stereocenters. The fourth-order valence-corrected chi connectivity index (χ4v) is 0.854. The molecule has 8 heteroatoms. The van der Waals surface area contributed by atoms with Crippen LogP contribution in [0.1, 0.15) is 16.1 Å². The van der Waals surface area contributed by atoms with Crippen LogP contribution >= 0.6 is 0 Å². The standard InChI is InChI=1S/C7H3F3N2O3/c8-7(9,10)4-1-5(3-13)11-6(2-4)12(14)15/h1-3H. The van der Waals surface area contributed by atoms with Crippen LogP contribution in [0.4, 0.5) is 19.0 Å². The largest absolute Gasteiger partial charge is 0.416 e. The smallest absolute Gasteiger partial charge is 0.358 e. The second-order valence-corrected chi connectivity index (χ2v) is 2.51. The maximum atomic E-state index is 12.2. The lowest BCUT2D eigenvalue weighted by Crippen LogP contribution is -2.08. The molecule has 0 aromatic carbocycles. The molecule has 80 valence electrons. The number of halogens is 3. The molecule has 0 spiro atoms. The van der Waals surface area contributed by atoms with Crippen molar-refractivity contribution in [3.8, 4) is 0 Å².